The molecule has 2 rings (SSSR count). The fourth-order valence-corrected chi connectivity index (χ4v) is 3.59. The standard InChI is InChI=1S/C20H31N3O3/c21-14-8-7-13-18(20(25)26)22-19(24)15-23(16-9-3-1-4-10-16)17-11-5-2-6-12-17/h1,3-4,9-10,17-18H,2,5-8,11-15,21H2,(H,22,24)(H,25,26)/t18-/m0/s1. The van der Waals surface area contributed by atoms with Gasteiger partial charge in [0.2, 0.25) is 5.91 Å². The minimum atomic E-state index is -0.987. The van der Waals surface area contributed by atoms with E-state index in [0.717, 1.165) is 24.9 Å². The molecular formula is C20H31N3O3. The van der Waals surface area contributed by atoms with E-state index in [0.29, 0.717) is 25.4 Å². The second-order valence-corrected chi connectivity index (χ2v) is 7.00. The van der Waals surface area contributed by atoms with E-state index in [9.17, 15) is 14.7 Å². The molecule has 0 aliphatic heterocycles. The van der Waals surface area contributed by atoms with Crippen molar-refractivity contribution in [2.75, 3.05) is 18.0 Å². The number of benzene rings is 1. The zero-order valence-electron chi connectivity index (χ0n) is 15.4. The molecule has 0 spiro atoms. The first kappa shape index (κ1) is 20.2. The van der Waals surface area contributed by atoms with Crippen molar-refractivity contribution < 1.29 is 14.7 Å². The molecule has 1 saturated carbocycles. The predicted octanol–water partition coefficient (Wildman–Crippen LogP) is 2.52. The number of unbranched alkanes of at least 4 members (excludes halogenated alkanes) is 1. The van der Waals surface area contributed by atoms with E-state index < -0.39 is 12.0 Å². The first-order valence-corrected chi connectivity index (χ1v) is 9.65. The van der Waals surface area contributed by atoms with Gasteiger partial charge in [0.25, 0.3) is 0 Å². The number of amides is 1. The monoisotopic (exact) mass is 361 g/mol. The Labute approximate surface area is 155 Å². The van der Waals surface area contributed by atoms with Crippen LogP contribution < -0.4 is 16.0 Å². The van der Waals surface area contributed by atoms with Crippen molar-refractivity contribution in [2.24, 2.45) is 5.73 Å². The SMILES string of the molecule is NCCCC[C@H](NC(=O)CN(c1ccccc1)C1CCCCC1)C(=O)O. The van der Waals surface area contributed by atoms with Gasteiger partial charge < -0.3 is 21.1 Å². The van der Waals surface area contributed by atoms with E-state index in [1.807, 2.05) is 30.3 Å². The Bertz CT molecular complexity index is 559. The van der Waals surface area contributed by atoms with Crippen molar-refractivity contribution in [3.8, 4) is 0 Å². The lowest BCUT2D eigenvalue weighted by atomic mass is 9.93. The normalized spacial score (nSPS) is 16.0. The van der Waals surface area contributed by atoms with Crippen LogP contribution in [0.3, 0.4) is 0 Å². The molecule has 1 fully saturated rings. The van der Waals surface area contributed by atoms with Crippen LogP contribution in [0, 0.1) is 0 Å². The molecule has 1 atom stereocenters. The lowest BCUT2D eigenvalue weighted by Crippen LogP contribution is -2.48. The van der Waals surface area contributed by atoms with E-state index in [-0.39, 0.29) is 12.5 Å². The lowest BCUT2D eigenvalue weighted by Gasteiger charge is -2.36. The van der Waals surface area contributed by atoms with Gasteiger partial charge in [-0.05, 0) is 50.8 Å². The first-order valence-electron chi connectivity index (χ1n) is 9.65. The highest BCUT2D eigenvalue weighted by molar-refractivity contribution is 5.86. The number of nitrogens with two attached hydrogens (primary N) is 1. The van der Waals surface area contributed by atoms with Crippen molar-refractivity contribution in [3.05, 3.63) is 30.3 Å². The predicted molar refractivity (Wildman–Crippen MR) is 103 cm³/mol. The highest BCUT2D eigenvalue weighted by Crippen LogP contribution is 2.27. The summed E-state index contributed by atoms with van der Waals surface area (Å²) < 4.78 is 0. The summed E-state index contributed by atoms with van der Waals surface area (Å²) in [4.78, 5) is 26.1. The van der Waals surface area contributed by atoms with Crippen LogP contribution in [0.5, 0.6) is 0 Å². The Kier molecular flexibility index (Phi) is 8.41. The molecule has 1 aromatic carbocycles. The summed E-state index contributed by atoms with van der Waals surface area (Å²) in [5.41, 5.74) is 6.48. The van der Waals surface area contributed by atoms with Gasteiger partial charge in [0.05, 0.1) is 6.54 Å². The van der Waals surface area contributed by atoms with Gasteiger partial charge in [-0.25, -0.2) is 4.79 Å². The number of aliphatic carboxylic acids is 1. The fourth-order valence-electron chi connectivity index (χ4n) is 3.59. The Morgan fingerprint density at radius 2 is 1.85 bits per heavy atom. The van der Waals surface area contributed by atoms with Gasteiger partial charge in [0.15, 0.2) is 0 Å². The molecule has 1 aromatic rings. The van der Waals surface area contributed by atoms with E-state index in [1.165, 1.54) is 19.3 Å². The van der Waals surface area contributed by atoms with Gasteiger partial charge >= 0.3 is 5.97 Å². The third kappa shape index (κ3) is 6.33. The fraction of sp³-hybridized carbons (Fsp3) is 0.600. The molecule has 144 valence electrons. The number of para-hydroxylation sites is 1. The second kappa shape index (κ2) is 10.8. The molecule has 0 unspecified atom stereocenters. The molecule has 4 N–H and O–H groups in total. The zero-order chi connectivity index (χ0) is 18.8. The molecule has 6 nitrogen and oxygen atoms in total. The average molecular weight is 361 g/mol. The van der Waals surface area contributed by atoms with Crippen LogP contribution in [0.25, 0.3) is 0 Å². The van der Waals surface area contributed by atoms with Crippen molar-refractivity contribution in [3.63, 3.8) is 0 Å². The Balaban J connectivity index is 2.01. The maximum Gasteiger partial charge on any atom is 0.326 e. The number of carbonyl (C=O) groups is 2. The van der Waals surface area contributed by atoms with Crippen LogP contribution in [-0.4, -0.2) is 42.2 Å². The van der Waals surface area contributed by atoms with Gasteiger partial charge in [-0.1, -0.05) is 37.5 Å². The van der Waals surface area contributed by atoms with Crippen molar-refractivity contribution in [2.45, 2.75) is 63.5 Å². The topological polar surface area (TPSA) is 95.7 Å². The van der Waals surface area contributed by atoms with E-state index in [2.05, 4.69) is 10.2 Å². The molecule has 1 aliphatic carbocycles. The summed E-state index contributed by atoms with van der Waals surface area (Å²) >= 11 is 0. The maximum absolute atomic E-state index is 12.6. The van der Waals surface area contributed by atoms with Crippen LogP contribution in [0.4, 0.5) is 5.69 Å². The molecule has 1 amide bonds. The number of hydrogen-bond donors (Lipinski definition) is 3. The number of nitrogens with zero attached hydrogens (tertiary/aromatic N) is 1. The number of hydrogen-bond acceptors (Lipinski definition) is 4. The van der Waals surface area contributed by atoms with Crippen LogP contribution >= 0.6 is 0 Å². The third-order valence-electron chi connectivity index (χ3n) is 5.00. The lowest BCUT2D eigenvalue weighted by molar-refractivity contribution is -0.141. The maximum atomic E-state index is 12.6. The van der Waals surface area contributed by atoms with Gasteiger partial charge in [0.1, 0.15) is 6.04 Å². The molecule has 0 aromatic heterocycles. The molecular weight excluding hydrogens is 330 g/mol. The van der Waals surface area contributed by atoms with E-state index in [1.54, 1.807) is 0 Å². The summed E-state index contributed by atoms with van der Waals surface area (Å²) in [6.07, 6.45) is 7.60. The number of rotatable bonds is 10. The minimum Gasteiger partial charge on any atom is -0.480 e. The molecule has 1 aliphatic rings. The molecule has 0 radical (unpaired) electrons. The summed E-state index contributed by atoms with van der Waals surface area (Å²) in [6.45, 7) is 0.721. The minimum absolute atomic E-state index is 0.190. The average Bonchev–Trinajstić information content (AvgIpc) is 2.66. The number of carboxylic acid groups (broad SMARTS) is 1. The molecule has 0 saturated heterocycles. The summed E-state index contributed by atoms with van der Waals surface area (Å²) in [5, 5.41) is 12.1. The molecule has 0 heterocycles. The summed E-state index contributed by atoms with van der Waals surface area (Å²) in [5.74, 6) is -1.22. The third-order valence-corrected chi connectivity index (χ3v) is 5.00. The highest BCUT2D eigenvalue weighted by Gasteiger charge is 2.25. The van der Waals surface area contributed by atoms with Crippen molar-refractivity contribution >= 4 is 17.6 Å². The molecule has 26 heavy (non-hydrogen) atoms. The van der Waals surface area contributed by atoms with Crippen molar-refractivity contribution in [1.82, 2.24) is 5.32 Å². The van der Waals surface area contributed by atoms with Crippen LogP contribution in [0.2, 0.25) is 0 Å². The Morgan fingerprint density at radius 3 is 2.46 bits per heavy atom. The van der Waals surface area contributed by atoms with Crippen LogP contribution in [0.15, 0.2) is 30.3 Å². The van der Waals surface area contributed by atoms with E-state index >= 15 is 0 Å². The second-order valence-electron chi connectivity index (χ2n) is 7.00. The number of anilines is 1. The van der Waals surface area contributed by atoms with Gasteiger partial charge in [0, 0.05) is 11.7 Å². The Hall–Kier alpha value is -2.08. The zero-order valence-corrected chi connectivity index (χ0v) is 15.4. The first-order chi connectivity index (χ1) is 12.6. The quantitative estimate of drug-likeness (QED) is 0.557. The molecule has 6 heteroatoms. The van der Waals surface area contributed by atoms with Gasteiger partial charge in [-0.15, -0.1) is 0 Å². The van der Waals surface area contributed by atoms with Crippen LogP contribution in [0.1, 0.15) is 51.4 Å². The van der Waals surface area contributed by atoms with Gasteiger partial charge in [-0.3, -0.25) is 4.79 Å². The largest absolute Gasteiger partial charge is 0.480 e. The summed E-state index contributed by atoms with van der Waals surface area (Å²) in [7, 11) is 0. The number of carboxylic acids is 1. The van der Waals surface area contributed by atoms with E-state index in [4.69, 9.17) is 5.73 Å². The molecule has 0 bridgehead atoms. The highest BCUT2D eigenvalue weighted by atomic mass is 16.4. The van der Waals surface area contributed by atoms with Gasteiger partial charge in [-0.2, -0.15) is 0 Å². The number of carbonyl (C=O) groups excluding carboxylic acids is 1. The Morgan fingerprint density at radius 1 is 1.15 bits per heavy atom. The number of nitrogens with one attached hydrogen (secondary N) is 1. The van der Waals surface area contributed by atoms with Crippen molar-refractivity contribution in [1.29, 1.82) is 0 Å². The summed E-state index contributed by atoms with van der Waals surface area (Å²) in [6, 6.07) is 9.40. The smallest absolute Gasteiger partial charge is 0.326 e. The van der Waals surface area contributed by atoms with Crippen LogP contribution in [-0.2, 0) is 9.59 Å².